The molecule has 28 heavy (non-hydrogen) atoms. The van der Waals surface area contributed by atoms with Crippen LogP contribution in [-0.4, -0.2) is 32.5 Å². The molecule has 0 amide bonds. The predicted octanol–water partition coefficient (Wildman–Crippen LogP) is 5.04. The molecule has 0 atom stereocenters. The van der Waals surface area contributed by atoms with Crippen molar-refractivity contribution in [3.05, 3.63) is 70.0 Å². The summed E-state index contributed by atoms with van der Waals surface area (Å²) >= 11 is 12.2. The largest absolute Gasteiger partial charge is 0.478 e. The highest BCUT2D eigenvalue weighted by Crippen LogP contribution is 2.32. The zero-order chi connectivity index (χ0) is 20.0. The summed E-state index contributed by atoms with van der Waals surface area (Å²) in [6, 6.07) is 9.85. The summed E-state index contributed by atoms with van der Waals surface area (Å²) in [5, 5.41) is 10.5. The number of carboxylic acid groups (broad SMARTS) is 1. The Bertz CT molecular complexity index is 1260. The number of aromatic carboxylic acids is 1. The van der Waals surface area contributed by atoms with Crippen LogP contribution in [0.25, 0.3) is 22.4 Å². The van der Waals surface area contributed by atoms with Gasteiger partial charge in [0.15, 0.2) is 0 Å². The third-order valence-corrected chi connectivity index (χ3v) is 4.93. The molecule has 4 aromatic heterocycles. The van der Waals surface area contributed by atoms with E-state index >= 15 is 0 Å². The van der Waals surface area contributed by atoms with E-state index in [4.69, 9.17) is 27.9 Å². The lowest BCUT2D eigenvalue weighted by Gasteiger charge is -2.05. The Morgan fingerprint density at radius 2 is 1.43 bits per heavy atom. The highest BCUT2D eigenvalue weighted by Gasteiger charge is 2.22. The van der Waals surface area contributed by atoms with Crippen molar-refractivity contribution in [2.24, 2.45) is 0 Å². The first-order chi connectivity index (χ1) is 13.4. The Kier molecular flexibility index (Phi) is 4.53. The van der Waals surface area contributed by atoms with Crippen molar-refractivity contribution in [1.82, 2.24) is 8.80 Å². The topological polar surface area (TPSA) is 72.4 Å². The van der Waals surface area contributed by atoms with Crippen molar-refractivity contribution in [1.29, 1.82) is 0 Å². The van der Waals surface area contributed by atoms with Gasteiger partial charge in [-0.25, -0.2) is 9.59 Å². The number of carbonyl (C=O) groups is 2. The van der Waals surface area contributed by atoms with E-state index in [2.05, 4.69) is 0 Å². The molecule has 142 valence electrons. The molecule has 0 unspecified atom stereocenters. The highest BCUT2D eigenvalue weighted by atomic mass is 35.5. The Balaban J connectivity index is 2.05. The number of esters is 1. The fourth-order valence-corrected chi connectivity index (χ4v) is 3.60. The molecule has 0 aliphatic carbocycles. The van der Waals surface area contributed by atoms with E-state index in [1.807, 2.05) is 0 Å². The summed E-state index contributed by atoms with van der Waals surface area (Å²) in [5.74, 6) is -1.54. The van der Waals surface area contributed by atoms with E-state index in [0.717, 1.165) is 0 Å². The molecular weight excluding hydrogens is 403 g/mol. The lowest BCUT2D eigenvalue weighted by atomic mass is 10.2. The Morgan fingerprint density at radius 1 is 0.929 bits per heavy atom. The number of nitrogens with zero attached hydrogens (tertiary/aromatic N) is 2. The minimum absolute atomic E-state index is 0.110. The van der Waals surface area contributed by atoms with Crippen molar-refractivity contribution in [3.63, 3.8) is 0 Å². The first-order valence-corrected chi connectivity index (χ1v) is 9.18. The smallest absolute Gasteiger partial charge is 0.340 e. The van der Waals surface area contributed by atoms with Gasteiger partial charge in [-0.3, -0.25) is 0 Å². The first-order valence-electron chi connectivity index (χ1n) is 8.42. The molecular formula is C20H14Cl2N2O4. The molecule has 0 saturated heterocycles. The third kappa shape index (κ3) is 2.91. The fourth-order valence-electron chi connectivity index (χ4n) is 3.28. The van der Waals surface area contributed by atoms with Gasteiger partial charge in [0.2, 0.25) is 0 Å². The predicted molar refractivity (Wildman–Crippen MR) is 107 cm³/mol. The number of aromatic nitrogens is 2. The summed E-state index contributed by atoms with van der Waals surface area (Å²) in [6.45, 7) is 1.97. The molecule has 4 heterocycles. The number of halogens is 2. The van der Waals surface area contributed by atoms with Crippen molar-refractivity contribution >= 4 is 46.2 Å². The van der Waals surface area contributed by atoms with E-state index < -0.39 is 11.9 Å². The number of fused-ring (bicyclic) bond motifs is 2. The lowest BCUT2D eigenvalue weighted by molar-refractivity contribution is 0.0528. The number of carboxylic acids is 1. The summed E-state index contributed by atoms with van der Waals surface area (Å²) in [6.07, 6.45) is 3.42. The maximum Gasteiger partial charge on any atom is 0.340 e. The summed E-state index contributed by atoms with van der Waals surface area (Å²) in [4.78, 5) is 24.2. The second kappa shape index (κ2) is 6.89. The van der Waals surface area contributed by atoms with Gasteiger partial charge >= 0.3 is 11.9 Å². The van der Waals surface area contributed by atoms with Gasteiger partial charge < -0.3 is 18.6 Å². The van der Waals surface area contributed by atoms with E-state index in [-0.39, 0.29) is 12.2 Å². The van der Waals surface area contributed by atoms with Crippen LogP contribution in [0.2, 0.25) is 10.0 Å². The zero-order valence-corrected chi connectivity index (χ0v) is 16.2. The molecule has 4 rings (SSSR count). The Morgan fingerprint density at radius 3 is 1.93 bits per heavy atom. The van der Waals surface area contributed by atoms with Gasteiger partial charge in [0.25, 0.3) is 0 Å². The van der Waals surface area contributed by atoms with E-state index in [1.54, 1.807) is 64.5 Å². The minimum Gasteiger partial charge on any atom is -0.478 e. The first kappa shape index (κ1) is 18.4. The van der Waals surface area contributed by atoms with E-state index in [1.165, 1.54) is 0 Å². The summed E-state index contributed by atoms with van der Waals surface area (Å²) < 4.78 is 8.66. The molecule has 0 aromatic carbocycles. The van der Waals surface area contributed by atoms with Crippen LogP contribution < -0.4 is 0 Å². The molecule has 0 bridgehead atoms. The molecule has 0 aliphatic heterocycles. The van der Waals surface area contributed by atoms with Gasteiger partial charge in [-0.05, 0) is 43.3 Å². The molecule has 0 fully saturated rings. The van der Waals surface area contributed by atoms with Gasteiger partial charge in [-0.1, -0.05) is 23.2 Å². The molecule has 1 N–H and O–H groups in total. The number of carbonyl (C=O) groups excluding carboxylic acids is 1. The van der Waals surface area contributed by atoms with Gasteiger partial charge in [-0.15, -0.1) is 0 Å². The third-order valence-electron chi connectivity index (χ3n) is 4.46. The second-order valence-corrected chi connectivity index (χ2v) is 6.99. The van der Waals surface area contributed by atoms with Crippen LogP contribution in [0.4, 0.5) is 0 Å². The number of hydrogen-bond acceptors (Lipinski definition) is 3. The quantitative estimate of drug-likeness (QED) is 0.472. The van der Waals surface area contributed by atoms with Gasteiger partial charge in [0, 0.05) is 22.4 Å². The normalized spacial score (nSPS) is 11.2. The molecule has 0 saturated carbocycles. The molecule has 8 heteroatoms. The van der Waals surface area contributed by atoms with Crippen LogP contribution in [0.3, 0.4) is 0 Å². The number of hydrogen-bond donors (Lipinski definition) is 1. The average Bonchev–Trinajstić information content (AvgIpc) is 3.19. The van der Waals surface area contributed by atoms with Crippen LogP contribution >= 0.6 is 23.2 Å². The van der Waals surface area contributed by atoms with Crippen LogP contribution in [0.15, 0.2) is 48.8 Å². The van der Waals surface area contributed by atoms with Crippen molar-refractivity contribution < 1.29 is 19.4 Å². The number of rotatable bonds is 4. The Labute approximate surface area is 169 Å². The zero-order valence-electron chi connectivity index (χ0n) is 14.6. The van der Waals surface area contributed by atoms with Crippen molar-refractivity contribution in [3.8, 4) is 11.4 Å². The van der Waals surface area contributed by atoms with Crippen LogP contribution in [0.1, 0.15) is 27.6 Å². The SMILES string of the molecule is CCOC(=O)c1cc(-c2cc(C(=O)O)c3cc(Cl)ccn23)n2ccc(Cl)cc12. The summed E-state index contributed by atoms with van der Waals surface area (Å²) in [5.41, 5.74) is 2.70. The average molecular weight is 417 g/mol. The molecule has 0 spiro atoms. The molecule has 0 radical (unpaired) electrons. The summed E-state index contributed by atoms with van der Waals surface area (Å²) in [7, 11) is 0. The maximum absolute atomic E-state index is 12.4. The number of pyridine rings is 2. The fraction of sp³-hybridized carbons (Fsp3) is 0.100. The maximum atomic E-state index is 12.4. The number of ether oxygens (including phenoxy) is 1. The lowest BCUT2D eigenvalue weighted by Crippen LogP contribution is -2.03. The van der Waals surface area contributed by atoms with Gasteiger partial charge in [0.05, 0.1) is 40.2 Å². The molecule has 6 nitrogen and oxygen atoms in total. The standard InChI is InChI=1S/C20H14Cl2N2O4/c1-2-28-20(27)14-10-18(24-6-4-12(22)8-16(14)24)17-9-13(19(25)26)15-7-11(21)3-5-23(15)17/h3-10H,2H2,1H3,(H,25,26). The van der Waals surface area contributed by atoms with Crippen LogP contribution in [0.5, 0.6) is 0 Å². The Hall–Kier alpha value is -2.96. The van der Waals surface area contributed by atoms with Gasteiger partial charge in [0.1, 0.15) is 0 Å². The van der Waals surface area contributed by atoms with E-state index in [0.29, 0.717) is 38.0 Å². The monoisotopic (exact) mass is 416 g/mol. The second-order valence-electron chi connectivity index (χ2n) is 6.11. The van der Waals surface area contributed by atoms with Crippen molar-refractivity contribution in [2.45, 2.75) is 6.92 Å². The molecule has 0 aliphatic rings. The van der Waals surface area contributed by atoms with E-state index in [9.17, 15) is 14.7 Å². The van der Waals surface area contributed by atoms with Crippen molar-refractivity contribution in [2.75, 3.05) is 6.61 Å². The molecule has 4 aromatic rings. The highest BCUT2D eigenvalue weighted by molar-refractivity contribution is 6.31. The van der Waals surface area contributed by atoms with Crippen LogP contribution in [-0.2, 0) is 4.74 Å². The van der Waals surface area contributed by atoms with Gasteiger partial charge in [-0.2, -0.15) is 0 Å². The van der Waals surface area contributed by atoms with Crippen LogP contribution in [0, 0.1) is 0 Å². The minimum atomic E-state index is -1.07.